The summed E-state index contributed by atoms with van der Waals surface area (Å²) in [5.74, 6) is 0.532. The molecule has 0 spiro atoms. The Bertz CT molecular complexity index is 796. The zero-order valence-corrected chi connectivity index (χ0v) is 12.5. The van der Waals surface area contributed by atoms with Gasteiger partial charge in [0.15, 0.2) is 11.5 Å². The predicted octanol–water partition coefficient (Wildman–Crippen LogP) is 3.58. The van der Waals surface area contributed by atoms with E-state index in [-0.39, 0.29) is 11.9 Å². The Morgan fingerprint density at radius 1 is 1.14 bits per heavy atom. The number of benzene rings is 2. The van der Waals surface area contributed by atoms with Crippen LogP contribution in [0.25, 0.3) is 11.1 Å². The molecule has 0 saturated carbocycles. The largest absolute Gasteiger partial charge is 0.441 e. The van der Waals surface area contributed by atoms with Gasteiger partial charge >= 0.3 is 0 Å². The summed E-state index contributed by atoms with van der Waals surface area (Å²) in [5.41, 5.74) is 3.13. The van der Waals surface area contributed by atoms with Crippen molar-refractivity contribution in [2.24, 2.45) is 0 Å². The number of hydrogen-bond acceptors (Lipinski definition) is 4. The summed E-state index contributed by atoms with van der Waals surface area (Å²) in [5, 5.41) is 6.04. The summed E-state index contributed by atoms with van der Waals surface area (Å²) in [6, 6.07) is 14.6. The number of aromatic nitrogens is 1. The van der Waals surface area contributed by atoms with Crippen LogP contribution < -0.4 is 10.6 Å². The summed E-state index contributed by atoms with van der Waals surface area (Å²) >= 11 is 0. The predicted molar refractivity (Wildman–Crippen MR) is 86.9 cm³/mol. The Labute approximate surface area is 128 Å². The first-order valence-corrected chi connectivity index (χ1v) is 7.11. The van der Waals surface area contributed by atoms with Crippen molar-refractivity contribution in [3.63, 3.8) is 0 Å². The van der Waals surface area contributed by atoms with E-state index in [9.17, 15) is 4.79 Å². The van der Waals surface area contributed by atoms with Crippen LogP contribution in [-0.4, -0.2) is 16.9 Å². The molecule has 1 heterocycles. The van der Waals surface area contributed by atoms with E-state index >= 15 is 0 Å². The number of nitrogens with zero attached hydrogens (tertiary/aromatic N) is 1. The van der Waals surface area contributed by atoms with Crippen molar-refractivity contribution < 1.29 is 9.21 Å². The van der Waals surface area contributed by atoms with Gasteiger partial charge < -0.3 is 15.1 Å². The highest BCUT2D eigenvalue weighted by Crippen LogP contribution is 2.20. The number of rotatable bonds is 4. The van der Waals surface area contributed by atoms with Gasteiger partial charge in [-0.1, -0.05) is 18.2 Å². The molecular weight excluding hydrogens is 278 g/mol. The molecule has 0 aliphatic carbocycles. The second-order valence-corrected chi connectivity index (χ2v) is 5.14. The molecule has 5 nitrogen and oxygen atoms in total. The maximum atomic E-state index is 12.2. The first kappa shape index (κ1) is 14.1. The van der Waals surface area contributed by atoms with Crippen molar-refractivity contribution in [3.8, 4) is 0 Å². The molecule has 0 saturated heterocycles. The third-order valence-corrected chi connectivity index (χ3v) is 3.31. The number of aryl methyl sites for hydroxylation is 1. The van der Waals surface area contributed by atoms with Gasteiger partial charge in [-0.3, -0.25) is 4.79 Å². The fourth-order valence-corrected chi connectivity index (χ4v) is 2.22. The van der Waals surface area contributed by atoms with Crippen LogP contribution in [0.15, 0.2) is 52.9 Å². The Morgan fingerprint density at radius 3 is 2.68 bits per heavy atom. The summed E-state index contributed by atoms with van der Waals surface area (Å²) in [6.45, 7) is 3.62. The fourth-order valence-electron chi connectivity index (χ4n) is 2.22. The smallest absolute Gasteiger partial charge is 0.246 e. The van der Waals surface area contributed by atoms with Crippen molar-refractivity contribution in [2.75, 3.05) is 10.6 Å². The lowest BCUT2D eigenvalue weighted by Crippen LogP contribution is -2.31. The van der Waals surface area contributed by atoms with Crippen LogP contribution in [0.4, 0.5) is 11.4 Å². The molecule has 3 aromatic rings. The van der Waals surface area contributed by atoms with Crippen LogP contribution in [-0.2, 0) is 4.79 Å². The molecule has 0 aliphatic rings. The van der Waals surface area contributed by atoms with E-state index in [1.165, 1.54) is 0 Å². The average molecular weight is 295 g/mol. The van der Waals surface area contributed by atoms with Gasteiger partial charge in [-0.25, -0.2) is 4.98 Å². The van der Waals surface area contributed by atoms with E-state index in [2.05, 4.69) is 15.6 Å². The van der Waals surface area contributed by atoms with Crippen molar-refractivity contribution in [1.82, 2.24) is 4.98 Å². The van der Waals surface area contributed by atoms with Crippen LogP contribution in [0.2, 0.25) is 0 Å². The number of para-hydroxylation sites is 1. The van der Waals surface area contributed by atoms with Gasteiger partial charge in [0, 0.05) is 18.3 Å². The second-order valence-electron chi connectivity index (χ2n) is 5.14. The fraction of sp³-hybridized carbons (Fsp3) is 0.176. The highest BCUT2D eigenvalue weighted by Gasteiger charge is 2.13. The zero-order valence-electron chi connectivity index (χ0n) is 12.5. The van der Waals surface area contributed by atoms with E-state index < -0.39 is 0 Å². The topological polar surface area (TPSA) is 67.2 Å². The maximum absolute atomic E-state index is 12.2. The average Bonchev–Trinajstić information content (AvgIpc) is 2.87. The Morgan fingerprint density at radius 2 is 1.91 bits per heavy atom. The molecular formula is C17H17N3O2. The molecule has 2 N–H and O–H groups in total. The monoisotopic (exact) mass is 295 g/mol. The normalized spacial score (nSPS) is 12.1. The quantitative estimate of drug-likeness (QED) is 0.772. The Balaban J connectivity index is 1.69. The van der Waals surface area contributed by atoms with Gasteiger partial charge in [-0.15, -0.1) is 0 Å². The van der Waals surface area contributed by atoms with Gasteiger partial charge in [0.05, 0.1) is 0 Å². The molecule has 1 atom stereocenters. The van der Waals surface area contributed by atoms with E-state index in [1.54, 1.807) is 0 Å². The summed E-state index contributed by atoms with van der Waals surface area (Å²) in [4.78, 5) is 16.5. The third-order valence-electron chi connectivity index (χ3n) is 3.31. The lowest BCUT2D eigenvalue weighted by molar-refractivity contribution is -0.116. The number of amides is 1. The lowest BCUT2D eigenvalue weighted by Gasteiger charge is -2.15. The number of oxazole rings is 1. The Kier molecular flexibility index (Phi) is 3.78. The molecule has 1 unspecified atom stereocenters. The highest BCUT2D eigenvalue weighted by molar-refractivity contribution is 5.96. The molecule has 1 amide bonds. The Hall–Kier alpha value is -2.82. The minimum atomic E-state index is -0.370. The minimum absolute atomic E-state index is 0.0948. The first-order chi connectivity index (χ1) is 10.6. The minimum Gasteiger partial charge on any atom is -0.441 e. The van der Waals surface area contributed by atoms with E-state index in [0.29, 0.717) is 5.89 Å². The van der Waals surface area contributed by atoms with Gasteiger partial charge in [0.1, 0.15) is 11.6 Å². The number of hydrogen-bond donors (Lipinski definition) is 2. The van der Waals surface area contributed by atoms with Gasteiger partial charge in [0.25, 0.3) is 0 Å². The summed E-state index contributed by atoms with van der Waals surface area (Å²) < 4.78 is 5.44. The molecule has 1 aromatic heterocycles. The molecule has 0 fully saturated rings. The van der Waals surface area contributed by atoms with E-state index in [4.69, 9.17) is 4.42 Å². The van der Waals surface area contributed by atoms with E-state index in [0.717, 1.165) is 22.5 Å². The van der Waals surface area contributed by atoms with E-state index in [1.807, 2.05) is 62.4 Å². The van der Waals surface area contributed by atoms with Crippen molar-refractivity contribution in [3.05, 3.63) is 54.4 Å². The molecule has 0 aliphatic heterocycles. The number of fused-ring (bicyclic) bond motifs is 1. The SMILES string of the molecule is Cc1nc2cc(NC(C)C(=O)Nc3ccccc3)ccc2o1. The standard InChI is InChI=1S/C17H17N3O2/c1-11(17(21)20-13-6-4-3-5-7-13)18-14-8-9-16-15(10-14)19-12(2)22-16/h3-11,18H,1-2H3,(H,20,21). The third kappa shape index (κ3) is 3.09. The number of nitrogens with one attached hydrogen (secondary N) is 2. The zero-order chi connectivity index (χ0) is 15.5. The number of anilines is 2. The van der Waals surface area contributed by atoms with Gasteiger partial charge in [-0.2, -0.15) is 0 Å². The molecule has 3 rings (SSSR count). The van der Waals surface area contributed by atoms with Crippen molar-refractivity contribution >= 4 is 28.4 Å². The highest BCUT2D eigenvalue weighted by atomic mass is 16.3. The molecule has 0 bridgehead atoms. The lowest BCUT2D eigenvalue weighted by atomic mass is 10.2. The number of carbonyl (C=O) groups excluding carboxylic acids is 1. The van der Waals surface area contributed by atoms with Gasteiger partial charge in [0.2, 0.25) is 5.91 Å². The van der Waals surface area contributed by atoms with Gasteiger partial charge in [-0.05, 0) is 37.3 Å². The van der Waals surface area contributed by atoms with Crippen LogP contribution in [0.3, 0.4) is 0 Å². The van der Waals surface area contributed by atoms with Crippen molar-refractivity contribution in [1.29, 1.82) is 0 Å². The van der Waals surface area contributed by atoms with Crippen LogP contribution in [0.5, 0.6) is 0 Å². The summed E-state index contributed by atoms with van der Waals surface area (Å²) in [6.07, 6.45) is 0. The molecule has 22 heavy (non-hydrogen) atoms. The number of carbonyl (C=O) groups is 1. The second kappa shape index (κ2) is 5.89. The molecule has 112 valence electrons. The van der Waals surface area contributed by atoms with Crippen molar-refractivity contribution in [2.45, 2.75) is 19.9 Å². The van der Waals surface area contributed by atoms with Crippen LogP contribution >= 0.6 is 0 Å². The summed E-state index contributed by atoms with van der Waals surface area (Å²) in [7, 11) is 0. The van der Waals surface area contributed by atoms with Crippen LogP contribution in [0, 0.1) is 6.92 Å². The van der Waals surface area contributed by atoms with Crippen LogP contribution in [0.1, 0.15) is 12.8 Å². The molecule has 5 heteroatoms. The maximum Gasteiger partial charge on any atom is 0.246 e. The molecule has 0 radical (unpaired) electrons. The first-order valence-electron chi connectivity index (χ1n) is 7.11. The molecule has 2 aromatic carbocycles.